The van der Waals surface area contributed by atoms with E-state index in [1.165, 1.54) is 6.07 Å². The van der Waals surface area contributed by atoms with E-state index < -0.39 is 0 Å². The van der Waals surface area contributed by atoms with Crippen molar-refractivity contribution < 1.29 is 9.18 Å². The van der Waals surface area contributed by atoms with Crippen molar-refractivity contribution in [1.82, 2.24) is 9.78 Å². The Kier molecular flexibility index (Phi) is 4.17. The SMILES string of the molecule is Cc1ccc(NC(=O)CCc2cnn(C)c2C)cc1F. The summed E-state index contributed by atoms with van der Waals surface area (Å²) in [5.74, 6) is -0.442. The van der Waals surface area contributed by atoms with Gasteiger partial charge in [-0.2, -0.15) is 5.10 Å². The molecule has 20 heavy (non-hydrogen) atoms. The van der Waals surface area contributed by atoms with Crippen LogP contribution in [0.2, 0.25) is 0 Å². The Labute approximate surface area is 117 Å². The minimum atomic E-state index is -0.314. The second-order valence-corrected chi connectivity index (χ2v) is 4.89. The molecular formula is C15H18FN3O. The minimum Gasteiger partial charge on any atom is -0.326 e. The highest BCUT2D eigenvalue weighted by Gasteiger charge is 2.08. The lowest BCUT2D eigenvalue weighted by Gasteiger charge is -2.06. The van der Waals surface area contributed by atoms with Gasteiger partial charge in [-0.15, -0.1) is 0 Å². The van der Waals surface area contributed by atoms with Crippen molar-refractivity contribution in [3.05, 3.63) is 47.0 Å². The van der Waals surface area contributed by atoms with E-state index in [0.717, 1.165) is 11.3 Å². The van der Waals surface area contributed by atoms with E-state index in [-0.39, 0.29) is 11.7 Å². The fourth-order valence-electron chi connectivity index (χ4n) is 1.93. The molecule has 1 aromatic carbocycles. The lowest BCUT2D eigenvalue weighted by atomic mass is 10.1. The number of nitrogens with one attached hydrogen (secondary N) is 1. The van der Waals surface area contributed by atoms with E-state index in [9.17, 15) is 9.18 Å². The maximum absolute atomic E-state index is 13.4. The van der Waals surface area contributed by atoms with Crippen LogP contribution in [-0.2, 0) is 18.3 Å². The molecule has 5 heteroatoms. The molecule has 0 fully saturated rings. The van der Waals surface area contributed by atoms with Crippen LogP contribution in [0.1, 0.15) is 23.2 Å². The van der Waals surface area contributed by atoms with Crippen molar-refractivity contribution in [1.29, 1.82) is 0 Å². The lowest BCUT2D eigenvalue weighted by Crippen LogP contribution is -2.12. The smallest absolute Gasteiger partial charge is 0.224 e. The Morgan fingerprint density at radius 1 is 1.40 bits per heavy atom. The summed E-state index contributed by atoms with van der Waals surface area (Å²) in [5, 5.41) is 6.84. The average Bonchev–Trinajstić information content (AvgIpc) is 2.72. The molecule has 2 aromatic rings. The summed E-state index contributed by atoms with van der Waals surface area (Å²) in [6, 6.07) is 4.68. The van der Waals surface area contributed by atoms with Gasteiger partial charge in [0.1, 0.15) is 5.82 Å². The molecule has 0 spiro atoms. The highest BCUT2D eigenvalue weighted by Crippen LogP contribution is 2.14. The number of anilines is 1. The molecule has 0 aliphatic carbocycles. The van der Waals surface area contributed by atoms with E-state index in [2.05, 4.69) is 10.4 Å². The predicted octanol–water partition coefficient (Wildman–Crippen LogP) is 2.75. The van der Waals surface area contributed by atoms with Crippen LogP contribution in [0.5, 0.6) is 0 Å². The maximum atomic E-state index is 13.4. The molecular weight excluding hydrogens is 257 g/mol. The molecule has 0 bridgehead atoms. The van der Waals surface area contributed by atoms with Crippen LogP contribution in [0.3, 0.4) is 0 Å². The van der Waals surface area contributed by atoms with Crippen LogP contribution in [0.15, 0.2) is 24.4 Å². The number of rotatable bonds is 4. The first-order valence-corrected chi connectivity index (χ1v) is 6.51. The van der Waals surface area contributed by atoms with Gasteiger partial charge < -0.3 is 5.32 Å². The van der Waals surface area contributed by atoms with E-state index in [1.54, 1.807) is 29.9 Å². The Hall–Kier alpha value is -2.17. The van der Waals surface area contributed by atoms with Crippen LogP contribution in [0, 0.1) is 19.7 Å². The highest BCUT2D eigenvalue weighted by atomic mass is 19.1. The van der Waals surface area contributed by atoms with E-state index >= 15 is 0 Å². The standard InChI is InChI=1S/C15H18FN3O/c1-10-4-6-13(8-14(10)16)18-15(20)7-5-12-9-17-19(3)11(12)2/h4,6,8-9H,5,7H2,1-3H3,(H,18,20). The molecule has 1 N–H and O–H groups in total. The molecule has 106 valence electrons. The summed E-state index contributed by atoms with van der Waals surface area (Å²) in [6.07, 6.45) is 2.75. The van der Waals surface area contributed by atoms with Gasteiger partial charge in [0.05, 0.1) is 6.20 Å². The monoisotopic (exact) mass is 275 g/mol. The zero-order valence-electron chi connectivity index (χ0n) is 11.9. The molecule has 0 aliphatic heterocycles. The number of nitrogens with zero attached hydrogens (tertiary/aromatic N) is 2. The Morgan fingerprint density at radius 3 is 2.75 bits per heavy atom. The number of halogens is 1. The Morgan fingerprint density at radius 2 is 2.15 bits per heavy atom. The quantitative estimate of drug-likeness (QED) is 0.932. The summed E-state index contributed by atoms with van der Waals surface area (Å²) in [7, 11) is 1.87. The third-order valence-corrected chi connectivity index (χ3v) is 3.41. The van der Waals surface area contributed by atoms with Gasteiger partial charge in [0.25, 0.3) is 0 Å². The summed E-state index contributed by atoms with van der Waals surface area (Å²) in [4.78, 5) is 11.8. The summed E-state index contributed by atoms with van der Waals surface area (Å²) >= 11 is 0. The van der Waals surface area contributed by atoms with Crippen molar-refractivity contribution in [2.75, 3.05) is 5.32 Å². The number of benzene rings is 1. The Bertz CT molecular complexity index is 634. The largest absolute Gasteiger partial charge is 0.326 e. The average molecular weight is 275 g/mol. The summed E-state index contributed by atoms with van der Waals surface area (Å²) < 4.78 is 15.2. The number of amides is 1. The number of hydrogen-bond acceptors (Lipinski definition) is 2. The van der Waals surface area contributed by atoms with Gasteiger partial charge in [0.2, 0.25) is 5.91 Å². The number of aromatic nitrogens is 2. The topological polar surface area (TPSA) is 46.9 Å². The Balaban J connectivity index is 1.92. The molecule has 0 radical (unpaired) electrons. The first kappa shape index (κ1) is 14.2. The van der Waals surface area contributed by atoms with Gasteiger partial charge in [-0.1, -0.05) is 6.07 Å². The number of carbonyl (C=O) groups is 1. The van der Waals surface area contributed by atoms with Crippen molar-refractivity contribution >= 4 is 11.6 Å². The lowest BCUT2D eigenvalue weighted by molar-refractivity contribution is -0.116. The van der Waals surface area contributed by atoms with Crippen LogP contribution in [0.25, 0.3) is 0 Å². The van der Waals surface area contributed by atoms with Gasteiger partial charge >= 0.3 is 0 Å². The molecule has 1 aromatic heterocycles. The normalized spacial score (nSPS) is 10.6. The zero-order valence-corrected chi connectivity index (χ0v) is 11.9. The zero-order chi connectivity index (χ0) is 14.7. The number of hydrogen-bond donors (Lipinski definition) is 1. The van der Waals surface area contributed by atoms with Gasteiger partial charge in [0.15, 0.2) is 0 Å². The predicted molar refractivity (Wildman–Crippen MR) is 76.0 cm³/mol. The third-order valence-electron chi connectivity index (χ3n) is 3.41. The van der Waals surface area contributed by atoms with Crippen LogP contribution < -0.4 is 5.32 Å². The first-order chi connectivity index (χ1) is 9.47. The number of carbonyl (C=O) groups excluding carboxylic acids is 1. The van der Waals surface area contributed by atoms with Crippen molar-refractivity contribution in [3.63, 3.8) is 0 Å². The fraction of sp³-hybridized carbons (Fsp3) is 0.333. The first-order valence-electron chi connectivity index (χ1n) is 6.51. The summed E-state index contributed by atoms with van der Waals surface area (Å²) in [6.45, 7) is 3.65. The van der Waals surface area contributed by atoms with Crippen LogP contribution in [0.4, 0.5) is 10.1 Å². The fourth-order valence-corrected chi connectivity index (χ4v) is 1.93. The van der Waals surface area contributed by atoms with Gasteiger partial charge in [0, 0.05) is 24.8 Å². The van der Waals surface area contributed by atoms with Crippen molar-refractivity contribution in [2.24, 2.45) is 7.05 Å². The van der Waals surface area contributed by atoms with E-state index in [0.29, 0.717) is 24.1 Å². The molecule has 0 atom stereocenters. The highest BCUT2D eigenvalue weighted by molar-refractivity contribution is 5.90. The molecule has 0 unspecified atom stereocenters. The van der Waals surface area contributed by atoms with Crippen molar-refractivity contribution in [2.45, 2.75) is 26.7 Å². The molecule has 4 nitrogen and oxygen atoms in total. The summed E-state index contributed by atoms with van der Waals surface area (Å²) in [5.41, 5.74) is 3.16. The van der Waals surface area contributed by atoms with Gasteiger partial charge in [-0.25, -0.2) is 4.39 Å². The van der Waals surface area contributed by atoms with Crippen molar-refractivity contribution in [3.8, 4) is 0 Å². The molecule has 0 aliphatic rings. The minimum absolute atomic E-state index is 0.128. The third kappa shape index (κ3) is 3.23. The van der Waals surface area contributed by atoms with Gasteiger partial charge in [-0.3, -0.25) is 9.48 Å². The number of aryl methyl sites for hydroxylation is 3. The molecule has 1 amide bonds. The van der Waals surface area contributed by atoms with Crippen LogP contribution in [-0.4, -0.2) is 15.7 Å². The van der Waals surface area contributed by atoms with E-state index in [4.69, 9.17) is 0 Å². The van der Waals surface area contributed by atoms with E-state index in [1.807, 2.05) is 14.0 Å². The molecule has 0 saturated heterocycles. The molecule has 0 saturated carbocycles. The second-order valence-electron chi connectivity index (χ2n) is 4.89. The molecule has 2 rings (SSSR count). The second kappa shape index (κ2) is 5.86. The molecule has 1 heterocycles. The van der Waals surface area contributed by atoms with Crippen LogP contribution >= 0.6 is 0 Å². The van der Waals surface area contributed by atoms with Gasteiger partial charge in [-0.05, 0) is 43.5 Å². The maximum Gasteiger partial charge on any atom is 0.224 e.